The summed E-state index contributed by atoms with van der Waals surface area (Å²) >= 11 is 0. The van der Waals surface area contributed by atoms with E-state index in [1.165, 1.54) is 6.42 Å². The maximum absolute atomic E-state index is 12.4. The molecule has 0 unspecified atom stereocenters. The van der Waals surface area contributed by atoms with Crippen molar-refractivity contribution in [3.8, 4) is 11.5 Å². The molecule has 140 valence electrons. The molecular formula is C21H24N4O2. The number of amides is 1. The second kappa shape index (κ2) is 7.39. The number of aryl methyl sites for hydroxylation is 1. The third-order valence-corrected chi connectivity index (χ3v) is 5.33. The molecule has 1 amide bonds. The van der Waals surface area contributed by atoms with E-state index in [4.69, 9.17) is 4.42 Å². The van der Waals surface area contributed by atoms with Gasteiger partial charge in [-0.1, -0.05) is 36.8 Å². The Hall–Kier alpha value is -2.89. The van der Waals surface area contributed by atoms with Crippen molar-refractivity contribution >= 4 is 5.91 Å². The summed E-state index contributed by atoms with van der Waals surface area (Å²) in [5, 5.41) is 11.4. The number of carbonyl (C=O) groups is 1. The maximum Gasteiger partial charge on any atom is 0.249 e. The molecule has 1 N–H and O–H groups in total. The van der Waals surface area contributed by atoms with Gasteiger partial charge in [0.15, 0.2) is 0 Å². The highest BCUT2D eigenvalue weighted by molar-refractivity contribution is 5.76. The first kappa shape index (κ1) is 17.5. The normalized spacial score (nSPS) is 14.1. The molecule has 1 aromatic carbocycles. The minimum Gasteiger partial charge on any atom is -0.420 e. The van der Waals surface area contributed by atoms with Gasteiger partial charge in [0.1, 0.15) is 6.54 Å². The first-order valence-electron chi connectivity index (χ1n) is 9.43. The van der Waals surface area contributed by atoms with Gasteiger partial charge in [-0.05, 0) is 38.3 Å². The number of nitrogens with zero attached hydrogens (tertiary/aromatic N) is 3. The molecular weight excluding hydrogens is 340 g/mol. The summed E-state index contributed by atoms with van der Waals surface area (Å²) in [7, 11) is 0. The van der Waals surface area contributed by atoms with E-state index in [2.05, 4.69) is 15.5 Å². The predicted molar refractivity (Wildman–Crippen MR) is 102 cm³/mol. The van der Waals surface area contributed by atoms with Crippen LogP contribution < -0.4 is 5.32 Å². The van der Waals surface area contributed by atoms with E-state index in [1.54, 1.807) is 0 Å². The monoisotopic (exact) mass is 364 g/mol. The average molecular weight is 364 g/mol. The summed E-state index contributed by atoms with van der Waals surface area (Å²) in [6, 6.07) is 11.9. The molecule has 1 fully saturated rings. The molecule has 2 heterocycles. The number of aromatic nitrogens is 3. The van der Waals surface area contributed by atoms with Crippen molar-refractivity contribution in [2.45, 2.75) is 52.1 Å². The van der Waals surface area contributed by atoms with Gasteiger partial charge in [0, 0.05) is 23.9 Å². The van der Waals surface area contributed by atoms with Crippen molar-refractivity contribution in [2.75, 3.05) is 0 Å². The number of carbonyl (C=O) groups excluding carboxylic acids is 1. The fraction of sp³-hybridized carbons (Fsp3) is 0.381. The zero-order valence-electron chi connectivity index (χ0n) is 15.7. The number of hydrogen-bond donors (Lipinski definition) is 1. The van der Waals surface area contributed by atoms with Gasteiger partial charge < -0.3 is 14.3 Å². The van der Waals surface area contributed by atoms with Gasteiger partial charge in [0.25, 0.3) is 0 Å². The van der Waals surface area contributed by atoms with Gasteiger partial charge in [-0.15, -0.1) is 10.2 Å². The van der Waals surface area contributed by atoms with Crippen LogP contribution in [0.5, 0.6) is 0 Å². The van der Waals surface area contributed by atoms with Crippen molar-refractivity contribution in [1.29, 1.82) is 0 Å². The second-order valence-electron chi connectivity index (χ2n) is 7.21. The van der Waals surface area contributed by atoms with Gasteiger partial charge in [0.2, 0.25) is 17.7 Å². The lowest BCUT2D eigenvalue weighted by Crippen LogP contribution is -2.27. The molecule has 0 aliphatic heterocycles. The molecule has 27 heavy (non-hydrogen) atoms. The second-order valence-corrected chi connectivity index (χ2v) is 7.21. The standard InChI is InChI=1S/C21H24N4O2/c1-14-11-18(21-24-23-20(27-21)17-9-6-10-17)15(2)25(14)13-19(26)22-12-16-7-4-3-5-8-16/h3-5,7-8,11,17H,6,9-10,12-13H2,1-2H3,(H,22,26). The molecule has 1 saturated carbocycles. The van der Waals surface area contributed by atoms with Gasteiger partial charge in [0.05, 0.1) is 5.56 Å². The number of hydrogen-bond acceptors (Lipinski definition) is 4. The molecule has 0 atom stereocenters. The van der Waals surface area contributed by atoms with Crippen molar-refractivity contribution in [2.24, 2.45) is 0 Å². The Morgan fingerprint density at radius 2 is 2.00 bits per heavy atom. The first-order chi connectivity index (χ1) is 13.1. The Kier molecular flexibility index (Phi) is 4.79. The highest BCUT2D eigenvalue weighted by atomic mass is 16.4. The van der Waals surface area contributed by atoms with Crippen LogP contribution in [0.1, 0.15) is 48.0 Å². The number of nitrogens with one attached hydrogen (secondary N) is 1. The fourth-order valence-electron chi connectivity index (χ4n) is 3.42. The Bertz CT molecular complexity index is 939. The molecule has 1 aliphatic carbocycles. The zero-order valence-corrected chi connectivity index (χ0v) is 15.7. The fourth-order valence-corrected chi connectivity index (χ4v) is 3.42. The van der Waals surface area contributed by atoms with E-state index in [-0.39, 0.29) is 12.5 Å². The van der Waals surface area contributed by atoms with E-state index in [9.17, 15) is 4.79 Å². The zero-order chi connectivity index (χ0) is 18.8. The van der Waals surface area contributed by atoms with Crippen LogP contribution in [0.4, 0.5) is 0 Å². The minimum absolute atomic E-state index is 0.0205. The van der Waals surface area contributed by atoms with Crippen LogP contribution in [0.15, 0.2) is 40.8 Å². The molecule has 6 nitrogen and oxygen atoms in total. The topological polar surface area (TPSA) is 73.0 Å². The molecule has 0 radical (unpaired) electrons. The van der Waals surface area contributed by atoms with Crippen molar-refractivity contribution in [3.05, 3.63) is 59.2 Å². The summed E-state index contributed by atoms with van der Waals surface area (Å²) < 4.78 is 7.89. The first-order valence-corrected chi connectivity index (χ1v) is 9.43. The van der Waals surface area contributed by atoms with E-state index in [0.29, 0.717) is 18.4 Å². The quantitative estimate of drug-likeness (QED) is 0.723. The van der Waals surface area contributed by atoms with Crippen LogP contribution in [0.2, 0.25) is 0 Å². The van der Waals surface area contributed by atoms with Gasteiger partial charge in [-0.2, -0.15) is 0 Å². The van der Waals surface area contributed by atoms with Crippen molar-refractivity contribution < 1.29 is 9.21 Å². The lowest BCUT2D eigenvalue weighted by molar-refractivity contribution is -0.121. The van der Waals surface area contributed by atoms with Crippen LogP contribution in [0, 0.1) is 13.8 Å². The highest BCUT2D eigenvalue weighted by Crippen LogP contribution is 2.37. The van der Waals surface area contributed by atoms with Gasteiger partial charge >= 0.3 is 0 Å². The third kappa shape index (κ3) is 3.65. The van der Waals surface area contributed by atoms with E-state index >= 15 is 0 Å². The largest absolute Gasteiger partial charge is 0.420 e. The lowest BCUT2D eigenvalue weighted by atomic mass is 9.85. The van der Waals surface area contributed by atoms with Crippen molar-refractivity contribution in [3.63, 3.8) is 0 Å². The van der Waals surface area contributed by atoms with E-state index < -0.39 is 0 Å². The highest BCUT2D eigenvalue weighted by Gasteiger charge is 2.26. The summed E-state index contributed by atoms with van der Waals surface area (Å²) in [6.45, 7) is 4.78. The molecule has 0 bridgehead atoms. The number of rotatable bonds is 6. The Morgan fingerprint density at radius 3 is 2.70 bits per heavy atom. The summed E-state index contributed by atoms with van der Waals surface area (Å²) in [4.78, 5) is 12.4. The van der Waals surface area contributed by atoms with Crippen LogP contribution in [-0.4, -0.2) is 20.7 Å². The SMILES string of the molecule is Cc1cc(-c2nnc(C3CCC3)o2)c(C)n1CC(=O)NCc1ccccc1. The van der Waals surface area contributed by atoms with Gasteiger partial charge in [-0.25, -0.2) is 0 Å². The third-order valence-electron chi connectivity index (χ3n) is 5.33. The Morgan fingerprint density at radius 1 is 1.22 bits per heavy atom. The number of benzene rings is 1. The molecule has 0 saturated heterocycles. The molecule has 1 aliphatic rings. The summed E-state index contributed by atoms with van der Waals surface area (Å²) in [6.07, 6.45) is 3.49. The Balaban J connectivity index is 1.45. The van der Waals surface area contributed by atoms with E-state index in [1.807, 2.05) is 54.8 Å². The lowest BCUT2D eigenvalue weighted by Gasteiger charge is -2.20. The molecule has 2 aromatic heterocycles. The predicted octanol–water partition coefficient (Wildman–Crippen LogP) is 3.74. The van der Waals surface area contributed by atoms with Crippen LogP contribution in [-0.2, 0) is 17.9 Å². The maximum atomic E-state index is 12.4. The van der Waals surface area contributed by atoms with E-state index in [0.717, 1.165) is 41.2 Å². The van der Waals surface area contributed by atoms with Crippen LogP contribution >= 0.6 is 0 Å². The molecule has 4 rings (SSSR count). The molecule has 0 spiro atoms. The van der Waals surface area contributed by atoms with Gasteiger partial charge in [-0.3, -0.25) is 4.79 Å². The van der Waals surface area contributed by atoms with Crippen molar-refractivity contribution in [1.82, 2.24) is 20.1 Å². The summed E-state index contributed by atoms with van der Waals surface area (Å²) in [5.74, 6) is 1.67. The minimum atomic E-state index is -0.0205. The molecule has 6 heteroatoms. The summed E-state index contributed by atoms with van der Waals surface area (Å²) in [5.41, 5.74) is 3.95. The average Bonchev–Trinajstić information content (AvgIpc) is 3.19. The smallest absolute Gasteiger partial charge is 0.249 e. The Labute approximate surface area is 158 Å². The van der Waals surface area contributed by atoms with Crippen LogP contribution in [0.25, 0.3) is 11.5 Å². The molecule has 3 aromatic rings. The van der Waals surface area contributed by atoms with Crippen LogP contribution in [0.3, 0.4) is 0 Å².